The highest BCUT2D eigenvalue weighted by Crippen LogP contribution is 2.16. The second kappa shape index (κ2) is 4.58. The fourth-order valence-electron chi connectivity index (χ4n) is 1.54. The highest BCUT2D eigenvalue weighted by atomic mass is 35.5. The maximum absolute atomic E-state index is 5.70. The first kappa shape index (κ1) is 11.0. The van der Waals surface area contributed by atoms with Crippen LogP contribution in [-0.4, -0.2) is 4.98 Å². The maximum atomic E-state index is 5.70. The van der Waals surface area contributed by atoms with Crippen molar-refractivity contribution in [3.05, 3.63) is 46.6 Å². The molecule has 0 aliphatic rings. The van der Waals surface area contributed by atoms with Crippen LogP contribution in [-0.2, 0) is 6.54 Å². The lowest BCUT2D eigenvalue weighted by atomic mass is 10.2. The van der Waals surface area contributed by atoms with Crippen molar-refractivity contribution in [2.45, 2.75) is 20.4 Å². The number of hydrogen-bond donors (Lipinski definition) is 1. The number of aromatic nitrogens is 1. The summed E-state index contributed by atoms with van der Waals surface area (Å²) in [6.45, 7) is 4.64. The first-order valence-corrected chi connectivity index (χ1v) is 5.44. The molecule has 3 nitrogen and oxygen atoms in total. The summed E-state index contributed by atoms with van der Waals surface area (Å²) in [7, 11) is 0. The average molecular weight is 237 g/mol. The Morgan fingerprint density at radius 1 is 1.38 bits per heavy atom. The molecule has 0 aromatic carbocycles. The molecular formula is C12H13ClN2O. The van der Waals surface area contributed by atoms with Gasteiger partial charge in [-0.2, -0.15) is 0 Å². The predicted molar refractivity (Wildman–Crippen MR) is 64.8 cm³/mol. The number of furan rings is 1. The Labute approximate surface area is 99.5 Å². The Morgan fingerprint density at radius 2 is 2.19 bits per heavy atom. The topological polar surface area (TPSA) is 38.1 Å². The Hall–Kier alpha value is -1.48. The molecule has 0 bridgehead atoms. The van der Waals surface area contributed by atoms with Crippen LogP contribution in [0.5, 0.6) is 0 Å². The van der Waals surface area contributed by atoms with E-state index in [9.17, 15) is 0 Å². The number of hydrogen-bond acceptors (Lipinski definition) is 3. The summed E-state index contributed by atoms with van der Waals surface area (Å²) in [5.74, 6) is 1.88. The summed E-state index contributed by atoms with van der Waals surface area (Å²) in [5.41, 5.74) is 2.11. The van der Waals surface area contributed by atoms with Crippen LogP contribution < -0.4 is 5.32 Å². The summed E-state index contributed by atoms with van der Waals surface area (Å²) >= 11 is 5.70. The number of halogens is 1. The van der Waals surface area contributed by atoms with E-state index in [4.69, 9.17) is 16.0 Å². The van der Waals surface area contributed by atoms with Crippen LogP contribution in [0, 0.1) is 13.8 Å². The van der Waals surface area contributed by atoms with E-state index < -0.39 is 0 Å². The molecule has 0 aliphatic carbocycles. The smallest absolute Gasteiger partial charge is 0.129 e. The van der Waals surface area contributed by atoms with E-state index in [1.165, 1.54) is 0 Å². The lowest BCUT2D eigenvalue weighted by Crippen LogP contribution is -1.99. The zero-order chi connectivity index (χ0) is 11.5. The van der Waals surface area contributed by atoms with E-state index in [1.807, 2.05) is 26.0 Å². The van der Waals surface area contributed by atoms with E-state index in [0.717, 1.165) is 29.3 Å². The van der Waals surface area contributed by atoms with Crippen LogP contribution in [0.15, 0.2) is 28.8 Å². The van der Waals surface area contributed by atoms with Gasteiger partial charge in [0.15, 0.2) is 0 Å². The molecule has 4 heteroatoms. The van der Waals surface area contributed by atoms with Crippen LogP contribution in [0.3, 0.4) is 0 Å². The molecule has 0 saturated heterocycles. The molecule has 0 amide bonds. The fourth-order valence-corrected chi connectivity index (χ4v) is 1.65. The van der Waals surface area contributed by atoms with Crippen molar-refractivity contribution in [1.82, 2.24) is 4.98 Å². The lowest BCUT2D eigenvalue weighted by Gasteiger charge is -2.04. The normalized spacial score (nSPS) is 10.4. The van der Waals surface area contributed by atoms with Crippen LogP contribution in [0.4, 0.5) is 5.69 Å². The van der Waals surface area contributed by atoms with Crippen molar-refractivity contribution in [3.8, 4) is 0 Å². The molecule has 0 saturated carbocycles. The molecular weight excluding hydrogens is 224 g/mol. The first-order chi connectivity index (χ1) is 7.65. The number of nitrogens with one attached hydrogen (secondary N) is 1. The molecule has 2 heterocycles. The third-order valence-electron chi connectivity index (χ3n) is 2.35. The minimum atomic E-state index is 0.501. The van der Waals surface area contributed by atoms with Gasteiger partial charge in [0.2, 0.25) is 0 Å². The van der Waals surface area contributed by atoms with E-state index in [1.54, 1.807) is 12.3 Å². The van der Waals surface area contributed by atoms with Crippen molar-refractivity contribution < 1.29 is 4.42 Å². The van der Waals surface area contributed by atoms with Crippen LogP contribution >= 0.6 is 11.6 Å². The summed E-state index contributed by atoms with van der Waals surface area (Å²) in [5, 5.41) is 3.76. The molecule has 16 heavy (non-hydrogen) atoms. The second-order valence-electron chi connectivity index (χ2n) is 3.66. The molecule has 0 unspecified atom stereocenters. The zero-order valence-electron chi connectivity index (χ0n) is 9.25. The van der Waals surface area contributed by atoms with Crippen molar-refractivity contribution >= 4 is 17.3 Å². The molecule has 0 radical (unpaired) electrons. The van der Waals surface area contributed by atoms with E-state index >= 15 is 0 Å². The number of pyridine rings is 1. The molecule has 0 atom stereocenters. The van der Waals surface area contributed by atoms with Crippen LogP contribution in [0.25, 0.3) is 0 Å². The highest BCUT2D eigenvalue weighted by molar-refractivity contribution is 6.29. The SMILES string of the molecule is Cc1cc(CNc2ccc(Cl)nc2)c(C)o1. The molecule has 2 aromatic heterocycles. The monoisotopic (exact) mass is 236 g/mol. The Kier molecular flexibility index (Phi) is 3.15. The van der Waals surface area contributed by atoms with Crippen LogP contribution in [0.1, 0.15) is 17.1 Å². The quantitative estimate of drug-likeness (QED) is 0.829. The summed E-state index contributed by atoms with van der Waals surface area (Å²) in [4.78, 5) is 4.00. The predicted octanol–water partition coefficient (Wildman–Crippen LogP) is 3.56. The molecule has 2 aromatic rings. The Balaban J connectivity index is 2.02. The molecule has 84 valence electrons. The van der Waals surface area contributed by atoms with Gasteiger partial charge in [-0.3, -0.25) is 0 Å². The van der Waals surface area contributed by atoms with Crippen molar-refractivity contribution in [2.75, 3.05) is 5.32 Å². The first-order valence-electron chi connectivity index (χ1n) is 5.06. The Bertz CT molecular complexity index is 476. The maximum Gasteiger partial charge on any atom is 0.129 e. The standard InChI is InChI=1S/C12H13ClN2O/c1-8-5-10(9(2)16-8)6-14-11-3-4-12(13)15-7-11/h3-5,7,14H,6H2,1-2H3. The molecule has 0 spiro atoms. The number of anilines is 1. The van der Waals surface area contributed by atoms with E-state index in [2.05, 4.69) is 10.3 Å². The largest absolute Gasteiger partial charge is 0.466 e. The van der Waals surface area contributed by atoms with Gasteiger partial charge in [-0.05, 0) is 32.0 Å². The number of aryl methyl sites for hydroxylation is 2. The zero-order valence-corrected chi connectivity index (χ0v) is 10.0. The third-order valence-corrected chi connectivity index (χ3v) is 2.58. The summed E-state index contributed by atoms with van der Waals surface area (Å²) in [6, 6.07) is 5.70. The van der Waals surface area contributed by atoms with Crippen molar-refractivity contribution in [1.29, 1.82) is 0 Å². The summed E-state index contributed by atoms with van der Waals surface area (Å²) in [6.07, 6.45) is 1.71. The van der Waals surface area contributed by atoms with Gasteiger partial charge in [-0.15, -0.1) is 0 Å². The van der Waals surface area contributed by atoms with Gasteiger partial charge >= 0.3 is 0 Å². The minimum absolute atomic E-state index is 0.501. The minimum Gasteiger partial charge on any atom is -0.466 e. The van der Waals surface area contributed by atoms with Gasteiger partial charge in [-0.25, -0.2) is 4.98 Å². The third kappa shape index (κ3) is 2.55. The van der Waals surface area contributed by atoms with Gasteiger partial charge in [0.25, 0.3) is 0 Å². The molecule has 2 rings (SSSR count). The van der Waals surface area contributed by atoms with Crippen LogP contribution in [0.2, 0.25) is 5.15 Å². The van der Waals surface area contributed by atoms with Gasteiger partial charge < -0.3 is 9.73 Å². The van der Waals surface area contributed by atoms with E-state index in [0.29, 0.717) is 5.15 Å². The lowest BCUT2D eigenvalue weighted by molar-refractivity contribution is 0.501. The number of nitrogens with zero attached hydrogens (tertiary/aromatic N) is 1. The summed E-state index contributed by atoms with van der Waals surface area (Å²) < 4.78 is 5.45. The Morgan fingerprint density at radius 3 is 2.75 bits per heavy atom. The van der Waals surface area contributed by atoms with Gasteiger partial charge in [0, 0.05) is 12.1 Å². The van der Waals surface area contributed by atoms with Gasteiger partial charge in [0.1, 0.15) is 16.7 Å². The highest BCUT2D eigenvalue weighted by Gasteiger charge is 2.03. The van der Waals surface area contributed by atoms with E-state index in [-0.39, 0.29) is 0 Å². The molecule has 0 fully saturated rings. The second-order valence-corrected chi connectivity index (χ2v) is 4.05. The van der Waals surface area contributed by atoms with Crippen molar-refractivity contribution in [3.63, 3.8) is 0 Å². The van der Waals surface area contributed by atoms with Crippen molar-refractivity contribution in [2.24, 2.45) is 0 Å². The fraction of sp³-hybridized carbons (Fsp3) is 0.250. The number of rotatable bonds is 3. The van der Waals surface area contributed by atoms with Gasteiger partial charge in [-0.1, -0.05) is 11.6 Å². The van der Waals surface area contributed by atoms with Gasteiger partial charge in [0.05, 0.1) is 11.9 Å². The average Bonchev–Trinajstić information content (AvgIpc) is 2.57. The molecule has 1 N–H and O–H groups in total. The molecule has 0 aliphatic heterocycles.